The molecule has 1 aliphatic carbocycles. The van der Waals surface area contributed by atoms with E-state index < -0.39 is 16.1 Å². The molecule has 0 radical (unpaired) electrons. The molecule has 2 fully saturated rings. The van der Waals surface area contributed by atoms with Gasteiger partial charge in [-0.25, -0.2) is 13.1 Å². The van der Waals surface area contributed by atoms with Crippen LogP contribution in [0.3, 0.4) is 0 Å². The molecule has 1 heterocycles. The number of ether oxygens (including phenoxy) is 1. The van der Waals surface area contributed by atoms with E-state index in [1.165, 1.54) is 12.8 Å². The van der Waals surface area contributed by atoms with Crippen LogP contribution in [0, 0.1) is 5.92 Å². The summed E-state index contributed by atoms with van der Waals surface area (Å²) in [5.74, 6) is -0.151. The second-order valence-corrected chi connectivity index (χ2v) is 9.24. The number of hydrogen-bond acceptors (Lipinski definition) is 4. The maximum absolute atomic E-state index is 13.0. The summed E-state index contributed by atoms with van der Waals surface area (Å²) in [6, 6.07) is -0.689. The van der Waals surface area contributed by atoms with Gasteiger partial charge in [0.2, 0.25) is 15.9 Å². The van der Waals surface area contributed by atoms with Gasteiger partial charge >= 0.3 is 0 Å². The molecule has 1 aliphatic heterocycles. The van der Waals surface area contributed by atoms with Crippen molar-refractivity contribution >= 4 is 15.9 Å². The van der Waals surface area contributed by atoms with E-state index in [1.807, 2.05) is 18.7 Å². The van der Waals surface area contributed by atoms with Gasteiger partial charge in [0.05, 0.1) is 18.5 Å². The van der Waals surface area contributed by atoms with Crippen molar-refractivity contribution in [1.29, 1.82) is 0 Å². The Morgan fingerprint density at radius 1 is 1.25 bits per heavy atom. The maximum atomic E-state index is 13.0. The summed E-state index contributed by atoms with van der Waals surface area (Å²) in [6.45, 7) is 5.56. The zero-order valence-corrected chi connectivity index (χ0v) is 16.0. The number of nitrogens with zero attached hydrogens (tertiary/aromatic N) is 1. The molecule has 1 spiro atoms. The molecule has 1 saturated carbocycles. The summed E-state index contributed by atoms with van der Waals surface area (Å²) in [6.07, 6.45) is 8.57. The molecule has 0 aromatic heterocycles. The van der Waals surface area contributed by atoms with Gasteiger partial charge < -0.3 is 9.64 Å². The standard InChI is InChI=1S/C17H32N2O4S/c1-4-14(2)15(18-24(3,21)22)16(20)19-11-12-23-17(13-19)9-7-5-6-8-10-17/h14-15,18H,4-13H2,1-3H3/t14-,15-/m1/s1. The van der Waals surface area contributed by atoms with Crippen molar-refractivity contribution < 1.29 is 17.9 Å². The van der Waals surface area contributed by atoms with Gasteiger partial charge in [0.25, 0.3) is 0 Å². The molecule has 7 heteroatoms. The summed E-state index contributed by atoms with van der Waals surface area (Å²) < 4.78 is 32.0. The highest BCUT2D eigenvalue weighted by molar-refractivity contribution is 7.88. The Hall–Kier alpha value is -0.660. The molecule has 2 rings (SSSR count). The number of carbonyl (C=O) groups excluding carboxylic acids is 1. The SMILES string of the molecule is CC[C@@H](C)[C@@H](NS(C)(=O)=O)C(=O)N1CCOC2(CCCCCC2)C1. The Morgan fingerprint density at radius 2 is 1.88 bits per heavy atom. The van der Waals surface area contributed by atoms with E-state index in [0.29, 0.717) is 19.7 Å². The number of carbonyl (C=O) groups is 1. The predicted octanol–water partition coefficient (Wildman–Crippen LogP) is 1.90. The van der Waals surface area contributed by atoms with Gasteiger partial charge in [0, 0.05) is 13.1 Å². The van der Waals surface area contributed by atoms with E-state index in [4.69, 9.17) is 4.74 Å². The van der Waals surface area contributed by atoms with Gasteiger partial charge in [-0.1, -0.05) is 46.0 Å². The zero-order chi connectivity index (χ0) is 17.8. The van der Waals surface area contributed by atoms with Gasteiger partial charge in [0.15, 0.2) is 0 Å². The first kappa shape index (κ1) is 19.7. The third-order valence-electron chi connectivity index (χ3n) is 5.40. The Balaban J connectivity index is 2.13. The lowest BCUT2D eigenvalue weighted by molar-refractivity contribution is -0.155. The van der Waals surface area contributed by atoms with Crippen LogP contribution in [-0.4, -0.2) is 56.8 Å². The molecule has 0 aromatic rings. The largest absolute Gasteiger partial charge is 0.371 e. The smallest absolute Gasteiger partial charge is 0.241 e. The minimum atomic E-state index is -3.43. The van der Waals surface area contributed by atoms with E-state index in [0.717, 1.165) is 38.4 Å². The van der Waals surface area contributed by atoms with Gasteiger partial charge in [-0.05, 0) is 18.8 Å². The lowest BCUT2D eigenvalue weighted by atomic mass is 9.91. The van der Waals surface area contributed by atoms with E-state index in [1.54, 1.807) is 0 Å². The Kier molecular flexibility index (Phi) is 6.67. The van der Waals surface area contributed by atoms with Crippen molar-refractivity contribution in [3.63, 3.8) is 0 Å². The lowest BCUT2D eigenvalue weighted by Gasteiger charge is -2.44. The predicted molar refractivity (Wildman–Crippen MR) is 94.2 cm³/mol. The molecule has 0 aromatic carbocycles. The fourth-order valence-electron chi connectivity index (χ4n) is 3.78. The van der Waals surface area contributed by atoms with Crippen LogP contribution in [0.5, 0.6) is 0 Å². The second kappa shape index (κ2) is 8.15. The normalized spacial score (nSPS) is 24.4. The second-order valence-electron chi connectivity index (χ2n) is 7.46. The van der Waals surface area contributed by atoms with Crippen LogP contribution in [0.2, 0.25) is 0 Å². The molecule has 1 N–H and O–H groups in total. The highest BCUT2D eigenvalue weighted by Gasteiger charge is 2.41. The van der Waals surface area contributed by atoms with Crippen molar-refractivity contribution in [1.82, 2.24) is 9.62 Å². The average Bonchev–Trinajstić information content (AvgIpc) is 2.76. The first-order chi connectivity index (χ1) is 11.3. The fourth-order valence-corrected chi connectivity index (χ4v) is 4.58. The molecule has 1 saturated heterocycles. The monoisotopic (exact) mass is 360 g/mol. The van der Waals surface area contributed by atoms with Crippen LogP contribution in [0.4, 0.5) is 0 Å². The molecule has 24 heavy (non-hydrogen) atoms. The highest BCUT2D eigenvalue weighted by atomic mass is 32.2. The van der Waals surface area contributed by atoms with Gasteiger partial charge in [-0.3, -0.25) is 4.79 Å². The van der Waals surface area contributed by atoms with Crippen LogP contribution in [0.25, 0.3) is 0 Å². The summed E-state index contributed by atoms with van der Waals surface area (Å²) in [5, 5.41) is 0. The molecular weight excluding hydrogens is 328 g/mol. The fraction of sp³-hybridized carbons (Fsp3) is 0.941. The van der Waals surface area contributed by atoms with Crippen molar-refractivity contribution in [3.8, 4) is 0 Å². The Bertz CT molecular complexity index is 527. The summed E-state index contributed by atoms with van der Waals surface area (Å²) in [5.41, 5.74) is -0.227. The van der Waals surface area contributed by atoms with E-state index in [-0.39, 0.29) is 17.4 Å². The van der Waals surface area contributed by atoms with Crippen LogP contribution in [-0.2, 0) is 19.6 Å². The molecule has 0 unspecified atom stereocenters. The quantitative estimate of drug-likeness (QED) is 0.812. The number of hydrogen-bond donors (Lipinski definition) is 1. The number of amides is 1. The maximum Gasteiger partial charge on any atom is 0.241 e. The average molecular weight is 361 g/mol. The molecular formula is C17H32N2O4S. The van der Waals surface area contributed by atoms with E-state index in [2.05, 4.69) is 4.72 Å². The number of nitrogens with one attached hydrogen (secondary N) is 1. The third-order valence-corrected chi connectivity index (χ3v) is 6.08. The Labute approximate surface area is 146 Å². The summed E-state index contributed by atoms with van der Waals surface area (Å²) in [4.78, 5) is 14.9. The highest BCUT2D eigenvalue weighted by Crippen LogP contribution is 2.33. The number of rotatable bonds is 5. The van der Waals surface area contributed by atoms with Crippen LogP contribution in [0.15, 0.2) is 0 Å². The van der Waals surface area contributed by atoms with Crippen molar-refractivity contribution in [2.75, 3.05) is 26.0 Å². The lowest BCUT2D eigenvalue weighted by Crippen LogP contribution is -2.59. The van der Waals surface area contributed by atoms with Gasteiger partial charge in [0.1, 0.15) is 6.04 Å². The molecule has 2 atom stereocenters. The number of sulfonamides is 1. The first-order valence-electron chi connectivity index (χ1n) is 9.16. The minimum absolute atomic E-state index is 0.0415. The molecule has 140 valence electrons. The van der Waals surface area contributed by atoms with Crippen molar-refractivity contribution in [2.24, 2.45) is 5.92 Å². The third kappa shape index (κ3) is 5.17. The van der Waals surface area contributed by atoms with Crippen molar-refractivity contribution in [3.05, 3.63) is 0 Å². The minimum Gasteiger partial charge on any atom is -0.371 e. The van der Waals surface area contributed by atoms with E-state index >= 15 is 0 Å². The summed E-state index contributed by atoms with van der Waals surface area (Å²) >= 11 is 0. The molecule has 2 aliphatic rings. The van der Waals surface area contributed by atoms with E-state index in [9.17, 15) is 13.2 Å². The van der Waals surface area contributed by atoms with Crippen molar-refractivity contribution in [2.45, 2.75) is 70.4 Å². The topological polar surface area (TPSA) is 75.7 Å². The van der Waals surface area contributed by atoms with Crippen LogP contribution < -0.4 is 4.72 Å². The Morgan fingerprint density at radius 3 is 2.42 bits per heavy atom. The molecule has 1 amide bonds. The van der Waals surface area contributed by atoms with Gasteiger partial charge in [-0.2, -0.15) is 0 Å². The zero-order valence-electron chi connectivity index (χ0n) is 15.2. The first-order valence-corrected chi connectivity index (χ1v) is 11.1. The molecule has 6 nitrogen and oxygen atoms in total. The summed E-state index contributed by atoms with van der Waals surface area (Å²) in [7, 11) is -3.43. The van der Waals surface area contributed by atoms with Gasteiger partial charge in [-0.15, -0.1) is 0 Å². The van der Waals surface area contributed by atoms with Crippen LogP contribution in [0.1, 0.15) is 58.8 Å². The van der Waals surface area contributed by atoms with Crippen LogP contribution >= 0.6 is 0 Å². The number of morpholine rings is 1. The molecule has 0 bridgehead atoms.